The molecular weight excluding hydrogens is 394 g/mol. The third-order valence-corrected chi connectivity index (χ3v) is 6.36. The molecule has 1 atom stereocenters. The highest BCUT2D eigenvalue weighted by Gasteiger charge is 2.40. The molecule has 1 aliphatic heterocycles. The maximum Gasteiger partial charge on any atom is 0.282 e. The predicted octanol–water partition coefficient (Wildman–Crippen LogP) is -0.401. The van der Waals surface area contributed by atoms with Gasteiger partial charge in [-0.05, 0) is 43.7 Å². The zero-order chi connectivity index (χ0) is 20.1. The van der Waals surface area contributed by atoms with E-state index < -0.39 is 21.8 Å². The first kappa shape index (κ1) is 21.9. The van der Waals surface area contributed by atoms with Crippen LogP contribution in [0.15, 0.2) is 24.3 Å². The third kappa shape index (κ3) is 5.77. The molecule has 6 N–H and O–H groups in total. The second kappa shape index (κ2) is 9.18. The van der Waals surface area contributed by atoms with E-state index in [1.807, 2.05) is 17.0 Å². The number of carbonyl (C=O) groups is 1. The van der Waals surface area contributed by atoms with Gasteiger partial charge in [-0.2, -0.15) is 17.4 Å². The molecule has 0 aromatic heterocycles. The Kier molecular flexibility index (Phi) is 7.43. The molecule has 27 heavy (non-hydrogen) atoms. The molecule has 0 bridgehead atoms. The summed E-state index contributed by atoms with van der Waals surface area (Å²) in [6.45, 7) is 1.70. The maximum atomic E-state index is 12.6. The molecule has 11 heteroatoms. The van der Waals surface area contributed by atoms with Crippen molar-refractivity contribution in [1.29, 1.82) is 0 Å². The summed E-state index contributed by atoms with van der Waals surface area (Å²) in [4.78, 5) is 13.6. The number of amides is 1. The zero-order valence-electron chi connectivity index (χ0n) is 15.0. The number of unbranched alkanes of at least 4 members (excludes halogenated alkanes) is 1. The van der Waals surface area contributed by atoms with Crippen molar-refractivity contribution < 1.29 is 18.3 Å². The summed E-state index contributed by atoms with van der Waals surface area (Å²) < 4.78 is 28.5. The van der Waals surface area contributed by atoms with E-state index in [0.717, 1.165) is 5.69 Å². The lowest BCUT2D eigenvalue weighted by Gasteiger charge is -2.37. The van der Waals surface area contributed by atoms with Gasteiger partial charge in [0.1, 0.15) is 0 Å². The summed E-state index contributed by atoms with van der Waals surface area (Å²) in [6, 6.07) is 7.29. The van der Waals surface area contributed by atoms with Crippen LogP contribution < -0.4 is 21.1 Å². The van der Waals surface area contributed by atoms with Gasteiger partial charge >= 0.3 is 0 Å². The van der Waals surface area contributed by atoms with Gasteiger partial charge in [-0.3, -0.25) is 4.79 Å². The van der Waals surface area contributed by atoms with E-state index in [9.17, 15) is 18.3 Å². The number of carbonyl (C=O) groups excluding carboxylic acids is 1. The highest BCUT2D eigenvalue weighted by Crippen LogP contribution is 2.21. The van der Waals surface area contributed by atoms with E-state index >= 15 is 0 Å². The number of anilines is 1. The third-order valence-electron chi connectivity index (χ3n) is 4.47. The highest BCUT2D eigenvalue weighted by molar-refractivity contribution is 7.87. The molecule has 0 unspecified atom stereocenters. The number of benzene rings is 1. The first-order valence-electron chi connectivity index (χ1n) is 8.70. The molecule has 0 spiro atoms. The Balaban J connectivity index is 2.00. The molecule has 2 rings (SSSR count). The fraction of sp³-hybridized carbons (Fsp3) is 0.562. The van der Waals surface area contributed by atoms with Crippen LogP contribution in [0.2, 0.25) is 5.02 Å². The van der Waals surface area contributed by atoms with Crippen LogP contribution in [0.1, 0.15) is 19.3 Å². The number of hydrogen-bond donors (Lipinski definition) is 4. The van der Waals surface area contributed by atoms with E-state index in [4.69, 9.17) is 23.1 Å². The van der Waals surface area contributed by atoms with Crippen molar-refractivity contribution in [3.05, 3.63) is 29.3 Å². The smallest absolute Gasteiger partial charge is 0.282 e. The summed E-state index contributed by atoms with van der Waals surface area (Å²) in [6.07, 6.45) is 0.767. The van der Waals surface area contributed by atoms with Crippen molar-refractivity contribution in [2.75, 3.05) is 37.6 Å². The SMILES string of the molecule is NCCCC[C@](O)(NS(=O)(=O)N1CCN(c2ccc(Cl)cc2)CC1)C(N)=O. The number of hydrogen-bond acceptors (Lipinski definition) is 6. The number of halogens is 1. The summed E-state index contributed by atoms with van der Waals surface area (Å²) in [7, 11) is -4.08. The Labute approximate surface area is 164 Å². The molecule has 1 aliphatic rings. The maximum absolute atomic E-state index is 12.6. The van der Waals surface area contributed by atoms with Crippen molar-refractivity contribution in [2.45, 2.75) is 25.0 Å². The Morgan fingerprint density at radius 1 is 1.19 bits per heavy atom. The van der Waals surface area contributed by atoms with Crippen LogP contribution in [0.25, 0.3) is 0 Å². The van der Waals surface area contributed by atoms with E-state index in [0.29, 0.717) is 37.5 Å². The molecule has 1 heterocycles. The van der Waals surface area contributed by atoms with Crippen LogP contribution in [0, 0.1) is 0 Å². The lowest BCUT2D eigenvalue weighted by atomic mass is 10.1. The fourth-order valence-corrected chi connectivity index (χ4v) is 4.39. The minimum Gasteiger partial charge on any atom is -0.369 e. The number of piperazine rings is 1. The van der Waals surface area contributed by atoms with Crippen molar-refractivity contribution in [2.24, 2.45) is 11.5 Å². The van der Waals surface area contributed by atoms with Gasteiger partial charge in [0, 0.05) is 43.3 Å². The van der Waals surface area contributed by atoms with Crippen molar-refractivity contribution in [3.63, 3.8) is 0 Å². The van der Waals surface area contributed by atoms with E-state index in [-0.39, 0.29) is 19.5 Å². The molecular formula is C16H26ClN5O4S. The van der Waals surface area contributed by atoms with Crippen LogP contribution in [-0.2, 0) is 15.0 Å². The average molecular weight is 420 g/mol. The summed E-state index contributed by atoms with van der Waals surface area (Å²) >= 11 is 5.88. The molecule has 0 radical (unpaired) electrons. The number of nitrogens with two attached hydrogens (primary N) is 2. The van der Waals surface area contributed by atoms with Gasteiger partial charge in [-0.15, -0.1) is 0 Å². The van der Waals surface area contributed by atoms with Crippen LogP contribution in [0.5, 0.6) is 0 Å². The number of primary amides is 1. The van der Waals surface area contributed by atoms with E-state index in [2.05, 4.69) is 4.72 Å². The second-order valence-electron chi connectivity index (χ2n) is 6.44. The predicted molar refractivity (Wildman–Crippen MR) is 104 cm³/mol. The van der Waals surface area contributed by atoms with Crippen LogP contribution in [-0.4, -0.2) is 62.2 Å². The highest BCUT2D eigenvalue weighted by atomic mass is 35.5. The largest absolute Gasteiger partial charge is 0.369 e. The van der Waals surface area contributed by atoms with Gasteiger partial charge in [0.2, 0.25) is 5.72 Å². The molecule has 0 aliphatic carbocycles. The van der Waals surface area contributed by atoms with Gasteiger partial charge < -0.3 is 21.5 Å². The first-order valence-corrected chi connectivity index (χ1v) is 10.5. The molecule has 1 aromatic rings. The van der Waals surface area contributed by atoms with Gasteiger partial charge in [0.15, 0.2) is 0 Å². The number of nitrogens with zero attached hydrogens (tertiary/aromatic N) is 2. The first-order chi connectivity index (χ1) is 12.7. The van der Waals surface area contributed by atoms with Gasteiger partial charge in [0.05, 0.1) is 0 Å². The van der Waals surface area contributed by atoms with E-state index in [1.165, 1.54) is 4.31 Å². The number of nitrogens with one attached hydrogen (secondary N) is 1. The molecule has 0 saturated carbocycles. The quantitative estimate of drug-likeness (QED) is 0.317. The van der Waals surface area contributed by atoms with Crippen LogP contribution in [0.4, 0.5) is 5.69 Å². The summed E-state index contributed by atoms with van der Waals surface area (Å²) in [5, 5.41) is 11.0. The van der Waals surface area contributed by atoms with Gasteiger partial charge in [-0.1, -0.05) is 11.6 Å². The zero-order valence-corrected chi connectivity index (χ0v) is 16.5. The van der Waals surface area contributed by atoms with E-state index in [1.54, 1.807) is 12.1 Å². The minimum absolute atomic E-state index is 0.135. The van der Waals surface area contributed by atoms with Gasteiger partial charge in [0.25, 0.3) is 16.1 Å². The molecule has 1 aromatic carbocycles. The normalized spacial score (nSPS) is 18.3. The van der Waals surface area contributed by atoms with Gasteiger partial charge in [-0.25, -0.2) is 0 Å². The summed E-state index contributed by atoms with van der Waals surface area (Å²) in [5.74, 6) is -1.14. The second-order valence-corrected chi connectivity index (χ2v) is 8.55. The van der Waals surface area contributed by atoms with Crippen molar-refractivity contribution >= 4 is 33.4 Å². The number of aliphatic hydroxyl groups is 1. The van der Waals surface area contributed by atoms with Crippen molar-refractivity contribution in [3.8, 4) is 0 Å². The molecule has 9 nitrogen and oxygen atoms in total. The standard InChI is InChI=1S/C16H26ClN5O4S/c17-13-3-5-14(6-4-13)21-9-11-22(12-10-21)27(25,26)20-16(24,15(19)23)7-1-2-8-18/h3-6,20,24H,1-2,7-12,18H2,(H2,19,23)/t16-/m1/s1. The minimum atomic E-state index is -4.08. The molecule has 1 saturated heterocycles. The summed E-state index contributed by atoms with van der Waals surface area (Å²) in [5.41, 5.74) is 9.22. The molecule has 1 fully saturated rings. The Bertz CT molecular complexity index is 738. The topological polar surface area (TPSA) is 142 Å². The van der Waals surface area contributed by atoms with Crippen molar-refractivity contribution in [1.82, 2.24) is 9.03 Å². The Morgan fingerprint density at radius 3 is 2.30 bits per heavy atom. The Hall–Kier alpha value is -1.43. The monoisotopic (exact) mass is 419 g/mol. The molecule has 1 amide bonds. The Morgan fingerprint density at radius 2 is 1.78 bits per heavy atom. The fourth-order valence-electron chi connectivity index (χ4n) is 2.87. The molecule has 152 valence electrons. The average Bonchev–Trinajstić information content (AvgIpc) is 2.62. The number of rotatable bonds is 9. The van der Waals surface area contributed by atoms with Crippen LogP contribution in [0.3, 0.4) is 0 Å². The lowest BCUT2D eigenvalue weighted by Crippen LogP contribution is -2.62. The van der Waals surface area contributed by atoms with Crippen LogP contribution >= 0.6 is 11.6 Å². The lowest BCUT2D eigenvalue weighted by molar-refractivity contribution is -0.138.